The fourth-order valence-corrected chi connectivity index (χ4v) is 3.14. The van der Waals surface area contributed by atoms with Gasteiger partial charge < -0.3 is 9.73 Å². The third-order valence-electron chi connectivity index (χ3n) is 3.56. The monoisotopic (exact) mass is 407 g/mol. The predicted molar refractivity (Wildman–Crippen MR) is 105 cm³/mol. The summed E-state index contributed by atoms with van der Waals surface area (Å²) in [6.07, 6.45) is 0. The number of rotatable bonds is 5. The minimum absolute atomic E-state index is 0.241. The summed E-state index contributed by atoms with van der Waals surface area (Å²) in [6.45, 7) is 3.75. The highest BCUT2D eigenvalue weighted by Crippen LogP contribution is 2.31. The second-order valence-electron chi connectivity index (χ2n) is 5.59. The normalized spacial score (nSPS) is 12.0. The molecule has 134 valence electrons. The summed E-state index contributed by atoms with van der Waals surface area (Å²) in [4.78, 5) is 12.4. The van der Waals surface area contributed by atoms with E-state index in [4.69, 9.17) is 27.6 Å². The molecule has 1 N–H and O–H groups in total. The third kappa shape index (κ3) is 4.38. The molecule has 0 saturated carbocycles. The molecular formula is C18H15Cl2N3O2S. The maximum absolute atomic E-state index is 12.4. The Bertz CT molecular complexity index is 928. The summed E-state index contributed by atoms with van der Waals surface area (Å²) in [7, 11) is 0. The molecule has 5 nitrogen and oxygen atoms in total. The average molecular weight is 408 g/mol. The highest BCUT2D eigenvalue weighted by Gasteiger charge is 2.20. The van der Waals surface area contributed by atoms with Crippen molar-refractivity contribution in [3.05, 3.63) is 58.1 Å². The van der Waals surface area contributed by atoms with Crippen LogP contribution in [0.25, 0.3) is 11.5 Å². The van der Waals surface area contributed by atoms with E-state index in [2.05, 4.69) is 15.5 Å². The lowest BCUT2D eigenvalue weighted by Crippen LogP contribution is -2.22. The Labute approximate surface area is 165 Å². The van der Waals surface area contributed by atoms with Crippen LogP contribution in [0, 0.1) is 6.92 Å². The molecule has 0 fully saturated rings. The van der Waals surface area contributed by atoms with E-state index in [0.29, 0.717) is 26.8 Å². The van der Waals surface area contributed by atoms with Crippen molar-refractivity contribution in [3.63, 3.8) is 0 Å². The lowest BCUT2D eigenvalue weighted by molar-refractivity contribution is -0.115. The first-order valence-electron chi connectivity index (χ1n) is 7.76. The molecule has 0 saturated heterocycles. The number of anilines is 1. The van der Waals surface area contributed by atoms with E-state index in [1.165, 1.54) is 11.8 Å². The number of benzene rings is 2. The van der Waals surface area contributed by atoms with Gasteiger partial charge in [0.15, 0.2) is 0 Å². The van der Waals surface area contributed by atoms with Crippen molar-refractivity contribution in [3.8, 4) is 11.5 Å². The summed E-state index contributed by atoms with van der Waals surface area (Å²) in [5.74, 6) is 0.173. The van der Waals surface area contributed by atoms with Gasteiger partial charge in [0.05, 0.1) is 21.0 Å². The Kier molecular flexibility index (Phi) is 5.86. The number of nitrogens with one attached hydrogen (secondary N) is 1. The van der Waals surface area contributed by atoms with Gasteiger partial charge in [-0.25, -0.2) is 0 Å². The van der Waals surface area contributed by atoms with Gasteiger partial charge in [-0.15, -0.1) is 10.2 Å². The van der Waals surface area contributed by atoms with Crippen molar-refractivity contribution >= 4 is 46.6 Å². The van der Waals surface area contributed by atoms with Crippen LogP contribution in [0.15, 0.2) is 52.1 Å². The highest BCUT2D eigenvalue weighted by atomic mass is 35.5. The van der Waals surface area contributed by atoms with Crippen molar-refractivity contribution in [1.82, 2.24) is 10.2 Å². The number of amides is 1. The number of thioether (sulfide) groups is 1. The Balaban J connectivity index is 1.66. The standard InChI is InChI=1S/C18H15Cl2N3O2S/c1-10-6-8-12(9-7-10)17-22-23-18(25-17)26-11(2)16(24)21-14-5-3-4-13(19)15(14)20/h3-9,11H,1-2H3,(H,21,24). The van der Waals surface area contributed by atoms with Crippen LogP contribution < -0.4 is 5.32 Å². The minimum Gasteiger partial charge on any atom is -0.411 e. The van der Waals surface area contributed by atoms with E-state index in [-0.39, 0.29) is 5.91 Å². The van der Waals surface area contributed by atoms with Gasteiger partial charge in [-0.05, 0) is 38.1 Å². The Morgan fingerprint density at radius 2 is 1.88 bits per heavy atom. The molecule has 2 aromatic carbocycles. The SMILES string of the molecule is Cc1ccc(-c2nnc(SC(C)C(=O)Nc3cccc(Cl)c3Cl)o2)cc1. The van der Waals surface area contributed by atoms with Gasteiger partial charge in [0.2, 0.25) is 11.8 Å². The topological polar surface area (TPSA) is 68.0 Å². The lowest BCUT2D eigenvalue weighted by atomic mass is 10.1. The number of carbonyl (C=O) groups is 1. The molecule has 0 spiro atoms. The lowest BCUT2D eigenvalue weighted by Gasteiger charge is -2.11. The highest BCUT2D eigenvalue weighted by molar-refractivity contribution is 8.00. The molecule has 0 bridgehead atoms. The van der Waals surface area contributed by atoms with Gasteiger partial charge in [0.1, 0.15) is 0 Å². The minimum atomic E-state index is -0.462. The molecule has 1 amide bonds. The van der Waals surface area contributed by atoms with E-state index < -0.39 is 5.25 Å². The number of aromatic nitrogens is 2. The first-order valence-corrected chi connectivity index (χ1v) is 9.39. The van der Waals surface area contributed by atoms with Crippen LogP contribution >= 0.6 is 35.0 Å². The van der Waals surface area contributed by atoms with Crippen LogP contribution in [-0.4, -0.2) is 21.4 Å². The van der Waals surface area contributed by atoms with E-state index in [1.54, 1.807) is 25.1 Å². The van der Waals surface area contributed by atoms with Crippen molar-refractivity contribution in [2.24, 2.45) is 0 Å². The Hall–Kier alpha value is -2.02. The molecular weight excluding hydrogens is 393 g/mol. The number of carbonyl (C=O) groups excluding carboxylic acids is 1. The molecule has 8 heteroatoms. The fourth-order valence-electron chi connectivity index (χ4n) is 2.11. The second kappa shape index (κ2) is 8.12. The zero-order chi connectivity index (χ0) is 18.7. The van der Waals surface area contributed by atoms with Gasteiger partial charge >= 0.3 is 0 Å². The van der Waals surface area contributed by atoms with Gasteiger partial charge in [0, 0.05) is 5.56 Å². The maximum Gasteiger partial charge on any atom is 0.277 e. The zero-order valence-corrected chi connectivity index (χ0v) is 16.3. The molecule has 0 aliphatic carbocycles. The van der Waals surface area contributed by atoms with Gasteiger partial charge in [0.25, 0.3) is 5.22 Å². The van der Waals surface area contributed by atoms with Crippen LogP contribution in [0.3, 0.4) is 0 Å². The first-order chi connectivity index (χ1) is 12.4. The van der Waals surface area contributed by atoms with Crippen molar-refractivity contribution < 1.29 is 9.21 Å². The molecule has 1 heterocycles. The number of halogens is 2. The average Bonchev–Trinajstić information content (AvgIpc) is 3.08. The van der Waals surface area contributed by atoms with Gasteiger partial charge in [-0.3, -0.25) is 4.79 Å². The molecule has 1 atom stereocenters. The molecule has 3 aromatic rings. The van der Waals surface area contributed by atoms with Crippen molar-refractivity contribution in [1.29, 1.82) is 0 Å². The van der Waals surface area contributed by atoms with Crippen LogP contribution in [0.5, 0.6) is 0 Å². The Morgan fingerprint density at radius 1 is 1.15 bits per heavy atom. The van der Waals surface area contributed by atoms with Crippen LogP contribution in [0.4, 0.5) is 5.69 Å². The number of hydrogen-bond donors (Lipinski definition) is 1. The van der Waals surface area contributed by atoms with Crippen LogP contribution in [-0.2, 0) is 4.79 Å². The molecule has 0 aliphatic heterocycles. The van der Waals surface area contributed by atoms with Crippen molar-refractivity contribution in [2.45, 2.75) is 24.3 Å². The number of aryl methyl sites for hydroxylation is 1. The number of hydrogen-bond acceptors (Lipinski definition) is 5. The summed E-state index contributed by atoms with van der Waals surface area (Å²) < 4.78 is 5.64. The predicted octanol–water partition coefficient (Wildman–Crippen LogP) is 5.47. The molecule has 1 aromatic heterocycles. The van der Waals surface area contributed by atoms with E-state index >= 15 is 0 Å². The van der Waals surface area contributed by atoms with Crippen LogP contribution in [0.1, 0.15) is 12.5 Å². The summed E-state index contributed by atoms with van der Waals surface area (Å²) >= 11 is 13.2. The van der Waals surface area contributed by atoms with Gasteiger partial charge in [-0.1, -0.05) is 58.7 Å². The molecule has 0 radical (unpaired) electrons. The smallest absolute Gasteiger partial charge is 0.277 e. The summed E-state index contributed by atoms with van der Waals surface area (Å²) in [5.41, 5.74) is 2.44. The molecule has 0 aliphatic rings. The zero-order valence-electron chi connectivity index (χ0n) is 14.0. The van der Waals surface area contributed by atoms with Gasteiger partial charge in [-0.2, -0.15) is 0 Å². The fraction of sp³-hybridized carbons (Fsp3) is 0.167. The molecule has 1 unspecified atom stereocenters. The molecule has 26 heavy (non-hydrogen) atoms. The third-order valence-corrected chi connectivity index (χ3v) is 5.31. The van der Waals surface area contributed by atoms with E-state index in [1.807, 2.05) is 31.2 Å². The van der Waals surface area contributed by atoms with E-state index in [0.717, 1.165) is 11.1 Å². The summed E-state index contributed by atoms with van der Waals surface area (Å²) in [6, 6.07) is 12.8. The summed E-state index contributed by atoms with van der Waals surface area (Å²) in [5, 5.41) is 11.3. The molecule has 3 rings (SSSR count). The van der Waals surface area contributed by atoms with Crippen molar-refractivity contribution in [2.75, 3.05) is 5.32 Å². The quantitative estimate of drug-likeness (QED) is 0.567. The first kappa shape index (κ1) is 18.8. The maximum atomic E-state index is 12.4. The number of nitrogens with zero attached hydrogens (tertiary/aromatic N) is 2. The second-order valence-corrected chi connectivity index (χ2v) is 7.67. The van der Waals surface area contributed by atoms with Crippen LogP contribution in [0.2, 0.25) is 10.0 Å². The largest absolute Gasteiger partial charge is 0.411 e. The van der Waals surface area contributed by atoms with E-state index in [9.17, 15) is 4.79 Å². The Morgan fingerprint density at radius 3 is 2.62 bits per heavy atom.